The van der Waals surface area contributed by atoms with Gasteiger partial charge >= 0.3 is 0 Å². The third kappa shape index (κ3) is 2.16. The molecule has 1 aliphatic rings. The SMILES string of the molecule is CC1OCCC1Nc1ccnc2cc(Cl)ccc12. The molecule has 0 bridgehead atoms. The van der Waals surface area contributed by atoms with Crippen molar-refractivity contribution in [3.63, 3.8) is 0 Å². The Hall–Kier alpha value is -1.32. The average molecular weight is 263 g/mol. The van der Waals surface area contributed by atoms with E-state index in [0.29, 0.717) is 11.1 Å². The lowest BCUT2D eigenvalue weighted by Crippen LogP contribution is -2.26. The van der Waals surface area contributed by atoms with Crippen molar-refractivity contribution in [1.82, 2.24) is 4.98 Å². The van der Waals surface area contributed by atoms with Crippen molar-refractivity contribution in [3.8, 4) is 0 Å². The third-order valence-corrected chi connectivity index (χ3v) is 3.66. The van der Waals surface area contributed by atoms with Crippen molar-refractivity contribution >= 4 is 28.2 Å². The second kappa shape index (κ2) is 4.75. The van der Waals surface area contributed by atoms with E-state index < -0.39 is 0 Å². The van der Waals surface area contributed by atoms with Crippen LogP contribution in [0.5, 0.6) is 0 Å². The highest BCUT2D eigenvalue weighted by atomic mass is 35.5. The van der Waals surface area contributed by atoms with Crippen LogP contribution in [0.25, 0.3) is 10.9 Å². The highest BCUT2D eigenvalue weighted by Gasteiger charge is 2.24. The van der Waals surface area contributed by atoms with Crippen LogP contribution in [-0.4, -0.2) is 23.7 Å². The van der Waals surface area contributed by atoms with Crippen LogP contribution in [0.15, 0.2) is 30.5 Å². The highest BCUT2D eigenvalue weighted by molar-refractivity contribution is 6.31. The molecule has 0 radical (unpaired) electrons. The maximum Gasteiger partial charge on any atom is 0.0748 e. The Morgan fingerprint density at radius 1 is 1.39 bits per heavy atom. The molecular formula is C14H15ClN2O. The molecule has 2 aromatic rings. The Morgan fingerprint density at radius 2 is 2.28 bits per heavy atom. The number of benzene rings is 1. The molecule has 1 fully saturated rings. The van der Waals surface area contributed by atoms with Crippen LogP contribution >= 0.6 is 11.6 Å². The number of pyridine rings is 1. The molecule has 1 aromatic heterocycles. The molecule has 1 N–H and O–H groups in total. The zero-order valence-corrected chi connectivity index (χ0v) is 10.9. The number of hydrogen-bond acceptors (Lipinski definition) is 3. The molecule has 18 heavy (non-hydrogen) atoms. The molecule has 0 aliphatic carbocycles. The van der Waals surface area contributed by atoms with Gasteiger partial charge in [-0.05, 0) is 37.6 Å². The maximum atomic E-state index is 5.98. The Balaban J connectivity index is 1.96. The molecule has 1 aliphatic heterocycles. The van der Waals surface area contributed by atoms with Gasteiger partial charge in [0.1, 0.15) is 0 Å². The first kappa shape index (κ1) is 11.8. The summed E-state index contributed by atoms with van der Waals surface area (Å²) in [5.41, 5.74) is 2.01. The molecule has 1 saturated heterocycles. The van der Waals surface area contributed by atoms with Crippen LogP contribution in [0.4, 0.5) is 5.69 Å². The third-order valence-electron chi connectivity index (χ3n) is 3.42. The monoisotopic (exact) mass is 262 g/mol. The van der Waals surface area contributed by atoms with Gasteiger partial charge in [-0.1, -0.05) is 11.6 Å². The fourth-order valence-electron chi connectivity index (χ4n) is 2.37. The molecule has 2 unspecified atom stereocenters. The number of aromatic nitrogens is 1. The summed E-state index contributed by atoms with van der Waals surface area (Å²) < 4.78 is 5.57. The van der Waals surface area contributed by atoms with E-state index in [-0.39, 0.29) is 6.10 Å². The van der Waals surface area contributed by atoms with Gasteiger partial charge in [0, 0.05) is 28.9 Å². The van der Waals surface area contributed by atoms with Crippen molar-refractivity contribution in [2.45, 2.75) is 25.5 Å². The van der Waals surface area contributed by atoms with Gasteiger partial charge in [-0.2, -0.15) is 0 Å². The molecular weight excluding hydrogens is 248 g/mol. The van der Waals surface area contributed by atoms with Crippen molar-refractivity contribution < 1.29 is 4.74 Å². The van der Waals surface area contributed by atoms with Gasteiger partial charge < -0.3 is 10.1 Å². The van der Waals surface area contributed by atoms with Crippen LogP contribution in [0, 0.1) is 0 Å². The molecule has 94 valence electrons. The van der Waals surface area contributed by atoms with Gasteiger partial charge in [0.15, 0.2) is 0 Å². The zero-order valence-electron chi connectivity index (χ0n) is 10.2. The van der Waals surface area contributed by atoms with Gasteiger partial charge in [-0.15, -0.1) is 0 Å². The minimum Gasteiger partial charge on any atom is -0.379 e. The molecule has 2 atom stereocenters. The zero-order chi connectivity index (χ0) is 12.5. The number of anilines is 1. The normalized spacial score (nSPS) is 23.4. The lowest BCUT2D eigenvalue weighted by atomic mass is 10.1. The number of ether oxygens (including phenoxy) is 1. The van der Waals surface area contributed by atoms with E-state index in [9.17, 15) is 0 Å². The fraction of sp³-hybridized carbons (Fsp3) is 0.357. The first-order chi connectivity index (χ1) is 8.74. The molecule has 1 aromatic carbocycles. The first-order valence-electron chi connectivity index (χ1n) is 6.16. The molecule has 0 spiro atoms. The molecule has 0 amide bonds. The van der Waals surface area contributed by atoms with Gasteiger partial charge in [0.2, 0.25) is 0 Å². The summed E-state index contributed by atoms with van der Waals surface area (Å²) in [4.78, 5) is 4.34. The summed E-state index contributed by atoms with van der Waals surface area (Å²) in [5, 5.41) is 5.36. The number of rotatable bonds is 2. The summed E-state index contributed by atoms with van der Waals surface area (Å²) in [6.45, 7) is 2.93. The van der Waals surface area contributed by atoms with Crippen molar-refractivity contribution in [3.05, 3.63) is 35.5 Å². The average Bonchev–Trinajstić information content (AvgIpc) is 2.75. The Bertz CT molecular complexity index is 573. The summed E-state index contributed by atoms with van der Waals surface area (Å²) in [6, 6.07) is 8.16. The van der Waals surface area contributed by atoms with E-state index in [0.717, 1.165) is 29.6 Å². The Labute approximate surface area is 111 Å². The Morgan fingerprint density at radius 3 is 3.06 bits per heavy atom. The minimum absolute atomic E-state index is 0.250. The number of fused-ring (bicyclic) bond motifs is 1. The number of hydrogen-bond donors (Lipinski definition) is 1. The second-order valence-electron chi connectivity index (χ2n) is 4.64. The van der Waals surface area contributed by atoms with E-state index >= 15 is 0 Å². The topological polar surface area (TPSA) is 34.1 Å². The van der Waals surface area contributed by atoms with E-state index in [1.807, 2.05) is 30.5 Å². The smallest absolute Gasteiger partial charge is 0.0748 e. The highest BCUT2D eigenvalue weighted by Crippen LogP contribution is 2.27. The van der Waals surface area contributed by atoms with E-state index in [4.69, 9.17) is 16.3 Å². The lowest BCUT2D eigenvalue weighted by Gasteiger charge is -2.18. The van der Waals surface area contributed by atoms with Crippen LogP contribution in [0.2, 0.25) is 5.02 Å². The largest absolute Gasteiger partial charge is 0.379 e. The van der Waals surface area contributed by atoms with Crippen LogP contribution in [0.3, 0.4) is 0 Å². The number of halogens is 1. The van der Waals surface area contributed by atoms with Crippen LogP contribution in [0.1, 0.15) is 13.3 Å². The summed E-state index contributed by atoms with van der Waals surface area (Å²) in [6.07, 6.45) is 3.10. The predicted molar refractivity (Wildman–Crippen MR) is 74.2 cm³/mol. The van der Waals surface area contributed by atoms with Gasteiger partial charge in [-0.25, -0.2) is 0 Å². The Kier molecular flexibility index (Phi) is 3.10. The maximum absolute atomic E-state index is 5.98. The quantitative estimate of drug-likeness (QED) is 0.900. The molecule has 0 saturated carbocycles. The van der Waals surface area contributed by atoms with Crippen LogP contribution < -0.4 is 5.32 Å². The lowest BCUT2D eigenvalue weighted by molar-refractivity contribution is 0.121. The van der Waals surface area contributed by atoms with Gasteiger partial charge in [0.25, 0.3) is 0 Å². The summed E-state index contributed by atoms with van der Waals surface area (Å²) >= 11 is 5.98. The van der Waals surface area contributed by atoms with E-state index in [1.54, 1.807) is 0 Å². The summed E-state index contributed by atoms with van der Waals surface area (Å²) in [7, 11) is 0. The first-order valence-corrected chi connectivity index (χ1v) is 6.54. The van der Waals surface area contributed by atoms with Crippen molar-refractivity contribution in [2.75, 3.05) is 11.9 Å². The molecule has 4 heteroatoms. The molecule has 2 heterocycles. The molecule has 3 rings (SSSR count). The van der Waals surface area contributed by atoms with E-state index in [2.05, 4.69) is 17.2 Å². The fourth-order valence-corrected chi connectivity index (χ4v) is 2.53. The van der Waals surface area contributed by atoms with Crippen LogP contribution in [-0.2, 0) is 4.74 Å². The van der Waals surface area contributed by atoms with Gasteiger partial charge in [-0.3, -0.25) is 4.98 Å². The van der Waals surface area contributed by atoms with Crippen molar-refractivity contribution in [1.29, 1.82) is 0 Å². The number of nitrogens with zero attached hydrogens (tertiary/aromatic N) is 1. The minimum atomic E-state index is 0.250. The second-order valence-corrected chi connectivity index (χ2v) is 5.07. The summed E-state index contributed by atoms with van der Waals surface area (Å²) in [5.74, 6) is 0. The molecule has 3 nitrogen and oxygen atoms in total. The number of nitrogens with one attached hydrogen (secondary N) is 1. The van der Waals surface area contributed by atoms with Crippen molar-refractivity contribution in [2.24, 2.45) is 0 Å². The van der Waals surface area contributed by atoms with Gasteiger partial charge in [0.05, 0.1) is 17.7 Å². The van der Waals surface area contributed by atoms with E-state index in [1.165, 1.54) is 0 Å². The predicted octanol–water partition coefficient (Wildman–Crippen LogP) is 3.48. The standard InChI is InChI=1S/C14H15ClN2O/c1-9-12(5-7-18-9)17-13-4-6-16-14-8-10(15)2-3-11(13)14/h2-4,6,8-9,12H,5,7H2,1H3,(H,16,17).